The fourth-order valence-corrected chi connectivity index (χ4v) is 4.06. The number of carbonyl (C=O) groups excluding carboxylic acids is 1. The summed E-state index contributed by atoms with van der Waals surface area (Å²) in [6, 6.07) is 0.365. The molecule has 27 heavy (non-hydrogen) atoms. The molecule has 0 aromatic carbocycles. The summed E-state index contributed by atoms with van der Waals surface area (Å²) in [6.07, 6.45) is 10.1. The number of anilines is 2. The SMILES string of the molecule is CO[C@@H]1CCC[C@@H](Nc2ncc(C(N)=O)c(N[C@@H]3CCC[C@H](O)C3)n2)CC1.[HH]. The van der Waals surface area contributed by atoms with Crippen molar-refractivity contribution >= 4 is 17.7 Å². The van der Waals surface area contributed by atoms with E-state index in [2.05, 4.69) is 20.6 Å². The number of nitrogens with zero attached hydrogens (tertiary/aromatic N) is 2. The Morgan fingerprint density at radius 2 is 1.96 bits per heavy atom. The van der Waals surface area contributed by atoms with E-state index in [9.17, 15) is 9.90 Å². The molecule has 2 saturated carbocycles. The average Bonchev–Trinajstić information content (AvgIpc) is 2.87. The number of aliphatic hydroxyl groups is 1. The van der Waals surface area contributed by atoms with Crippen LogP contribution >= 0.6 is 0 Å². The van der Waals surface area contributed by atoms with Crippen molar-refractivity contribution in [2.24, 2.45) is 5.73 Å². The highest BCUT2D eigenvalue weighted by Gasteiger charge is 2.23. The second-order valence-corrected chi connectivity index (χ2v) is 7.69. The van der Waals surface area contributed by atoms with Crippen molar-refractivity contribution in [3.63, 3.8) is 0 Å². The van der Waals surface area contributed by atoms with Crippen LogP contribution in [0.2, 0.25) is 0 Å². The van der Waals surface area contributed by atoms with Gasteiger partial charge in [0.1, 0.15) is 5.82 Å². The van der Waals surface area contributed by atoms with Gasteiger partial charge in [-0.05, 0) is 57.8 Å². The number of primary amides is 1. The first-order chi connectivity index (χ1) is 13.0. The first-order valence-electron chi connectivity index (χ1n) is 9.96. The van der Waals surface area contributed by atoms with Crippen molar-refractivity contribution in [1.29, 1.82) is 0 Å². The van der Waals surface area contributed by atoms with Crippen molar-refractivity contribution in [1.82, 2.24) is 9.97 Å². The molecular formula is C19H33N5O3. The van der Waals surface area contributed by atoms with E-state index in [1.54, 1.807) is 7.11 Å². The van der Waals surface area contributed by atoms with Crippen LogP contribution in [0.4, 0.5) is 11.8 Å². The predicted octanol–water partition coefficient (Wildman–Crippen LogP) is 2.30. The van der Waals surface area contributed by atoms with Crippen molar-refractivity contribution < 1.29 is 16.1 Å². The molecule has 0 spiro atoms. The fraction of sp³-hybridized carbons (Fsp3) is 0.737. The summed E-state index contributed by atoms with van der Waals surface area (Å²) in [4.78, 5) is 20.6. The van der Waals surface area contributed by atoms with E-state index < -0.39 is 5.91 Å². The van der Waals surface area contributed by atoms with Gasteiger partial charge in [-0.2, -0.15) is 4.98 Å². The Labute approximate surface area is 161 Å². The van der Waals surface area contributed by atoms with Crippen LogP contribution in [0.25, 0.3) is 0 Å². The highest BCUT2D eigenvalue weighted by atomic mass is 16.5. The molecule has 0 unspecified atom stereocenters. The van der Waals surface area contributed by atoms with E-state index in [1.165, 1.54) is 6.20 Å². The number of methoxy groups -OCH3 is 1. The van der Waals surface area contributed by atoms with Crippen LogP contribution in [0.3, 0.4) is 0 Å². The van der Waals surface area contributed by atoms with E-state index >= 15 is 0 Å². The monoisotopic (exact) mass is 379 g/mol. The molecule has 0 saturated heterocycles. The smallest absolute Gasteiger partial charge is 0.254 e. The molecular weight excluding hydrogens is 346 g/mol. The van der Waals surface area contributed by atoms with Gasteiger partial charge in [-0.25, -0.2) is 4.98 Å². The van der Waals surface area contributed by atoms with E-state index in [1.807, 2.05) is 0 Å². The third kappa shape index (κ3) is 5.52. The normalized spacial score (nSPS) is 29.0. The number of nitrogens with two attached hydrogens (primary N) is 1. The molecule has 3 rings (SSSR count). The molecule has 0 radical (unpaired) electrons. The number of hydrogen-bond acceptors (Lipinski definition) is 7. The molecule has 0 aliphatic heterocycles. The van der Waals surface area contributed by atoms with E-state index in [0.717, 1.165) is 51.4 Å². The summed E-state index contributed by atoms with van der Waals surface area (Å²) in [7, 11) is 1.77. The van der Waals surface area contributed by atoms with E-state index in [4.69, 9.17) is 10.5 Å². The first kappa shape index (κ1) is 19.8. The molecule has 0 bridgehead atoms. The lowest BCUT2D eigenvalue weighted by atomic mass is 9.93. The molecule has 8 heteroatoms. The van der Waals surface area contributed by atoms with Gasteiger partial charge < -0.3 is 26.2 Å². The molecule has 2 fully saturated rings. The number of hydrogen-bond donors (Lipinski definition) is 4. The lowest BCUT2D eigenvalue weighted by Gasteiger charge is -2.27. The topological polar surface area (TPSA) is 122 Å². The Bertz CT molecular complexity index is 648. The molecule has 1 aromatic rings. The third-order valence-corrected chi connectivity index (χ3v) is 5.62. The standard InChI is InChI=1S/C19H31N5O3.H2/c1-27-15-7-3-4-12(8-9-15)23-19-21-11-16(17(20)26)18(24-19)22-13-5-2-6-14(25)10-13;/h11-15,25H,2-10H2,1H3,(H2,20,26)(H2,21,22,23,24);1H/t12-,13-,14+,15-;/m1./s1. The quantitative estimate of drug-likeness (QED) is 0.559. The van der Waals surface area contributed by atoms with E-state index in [0.29, 0.717) is 24.3 Å². The van der Waals surface area contributed by atoms with Crippen LogP contribution in [0.5, 0.6) is 0 Å². The Hall–Kier alpha value is -1.93. The number of ether oxygens (including phenoxy) is 1. The van der Waals surface area contributed by atoms with Gasteiger partial charge in [0, 0.05) is 26.8 Å². The van der Waals surface area contributed by atoms with Crippen LogP contribution in [-0.4, -0.2) is 52.4 Å². The van der Waals surface area contributed by atoms with Crippen molar-refractivity contribution in [2.45, 2.75) is 82.1 Å². The van der Waals surface area contributed by atoms with Crippen LogP contribution in [-0.2, 0) is 4.74 Å². The Balaban J connectivity index is 0.00000280. The maximum absolute atomic E-state index is 11.8. The Kier molecular flexibility index (Phi) is 6.84. The van der Waals surface area contributed by atoms with Gasteiger partial charge in [0.2, 0.25) is 5.95 Å². The molecule has 4 atom stereocenters. The minimum atomic E-state index is -0.558. The number of aliphatic hydroxyl groups excluding tert-OH is 1. The van der Waals surface area contributed by atoms with E-state index in [-0.39, 0.29) is 25.2 Å². The van der Waals surface area contributed by atoms with Gasteiger partial charge in [-0.1, -0.05) is 0 Å². The molecule has 152 valence electrons. The summed E-state index contributed by atoms with van der Waals surface area (Å²) in [5.41, 5.74) is 5.77. The molecule has 2 aliphatic carbocycles. The molecule has 8 nitrogen and oxygen atoms in total. The van der Waals surface area contributed by atoms with Gasteiger partial charge in [-0.15, -0.1) is 0 Å². The van der Waals surface area contributed by atoms with Crippen molar-refractivity contribution in [3.05, 3.63) is 11.8 Å². The van der Waals surface area contributed by atoms with Gasteiger partial charge >= 0.3 is 0 Å². The van der Waals surface area contributed by atoms with Gasteiger partial charge in [0.15, 0.2) is 0 Å². The average molecular weight is 380 g/mol. The minimum Gasteiger partial charge on any atom is -0.393 e. The highest BCUT2D eigenvalue weighted by Crippen LogP contribution is 2.25. The highest BCUT2D eigenvalue weighted by molar-refractivity contribution is 5.97. The minimum absolute atomic E-state index is 0. The first-order valence-corrected chi connectivity index (χ1v) is 9.96. The molecule has 1 aromatic heterocycles. The number of carbonyl (C=O) groups is 1. The van der Waals surface area contributed by atoms with Gasteiger partial charge in [-0.3, -0.25) is 4.79 Å². The number of amides is 1. The summed E-state index contributed by atoms with van der Waals surface area (Å²) >= 11 is 0. The van der Waals surface area contributed by atoms with Crippen molar-refractivity contribution in [2.75, 3.05) is 17.7 Å². The zero-order chi connectivity index (χ0) is 19.2. The number of aromatic nitrogens is 2. The predicted molar refractivity (Wildman–Crippen MR) is 106 cm³/mol. The summed E-state index contributed by atoms with van der Waals surface area (Å²) in [5, 5.41) is 16.6. The third-order valence-electron chi connectivity index (χ3n) is 5.62. The molecule has 2 aliphatic rings. The van der Waals surface area contributed by atoms with Gasteiger partial charge in [0.25, 0.3) is 5.91 Å². The summed E-state index contributed by atoms with van der Waals surface area (Å²) in [6.45, 7) is 0. The maximum Gasteiger partial charge on any atom is 0.254 e. The second kappa shape index (κ2) is 9.32. The molecule has 5 N–H and O–H groups in total. The van der Waals surface area contributed by atoms with Crippen LogP contribution in [0, 0.1) is 0 Å². The second-order valence-electron chi connectivity index (χ2n) is 7.69. The van der Waals surface area contributed by atoms with Crippen LogP contribution in [0.1, 0.15) is 69.6 Å². The van der Waals surface area contributed by atoms with Crippen molar-refractivity contribution in [3.8, 4) is 0 Å². The summed E-state index contributed by atoms with van der Waals surface area (Å²) in [5.74, 6) is 0.389. The lowest BCUT2D eigenvalue weighted by molar-refractivity contribution is 0.0898. The zero-order valence-corrected chi connectivity index (χ0v) is 16.0. The number of nitrogens with one attached hydrogen (secondary N) is 2. The maximum atomic E-state index is 11.8. The number of rotatable bonds is 6. The fourth-order valence-electron chi connectivity index (χ4n) is 4.06. The van der Waals surface area contributed by atoms with Gasteiger partial charge in [0.05, 0.1) is 17.8 Å². The largest absolute Gasteiger partial charge is 0.393 e. The zero-order valence-electron chi connectivity index (χ0n) is 16.0. The van der Waals surface area contributed by atoms with Crippen LogP contribution in [0.15, 0.2) is 6.20 Å². The molecule has 1 heterocycles. The van der Waals surface area contributed by atoms with Crippen LogP contribution < -0.4 is 16.4 Å². The Morgan fingerprint density at radius 3 is 2.70 bits per heavy atom. The summed E-state index contributed by atoms with van der Waals surface area (Å²) < 4.78 is 5.48. The molecule has 1 amide bonds. The lowest BCUT2D eigenvalue weighted by Crippen LogP contribution is -2.31. The Morgan fingerprint density at radius 1 is 1.19 bits per heavy atom.